The van der Waals surface area contributed by atoms with Gasteiger partial charge in [0.05, 0.1) is 18.9 Å². The van der Waals surface area contributed by atoms with Crippen molar-refractivity contribution in [1.29, 1.82) is 0 Å². The van der Waals surface area contributed by atoms with Gasteiger partial charge in [-0.25, -0.2) is 0 Å². The number of aliphatic carboxylic acids is 1. The highest BCUT2D eigenvalue weighted by molar-refractivity contribution is 7.10. The van der Waals surface area contributed by atoms with Crippen molar-refractivity contribution >= 4 is 23.2 Å². The van der Waals surface area contributed by atoms with E-state index in [1.807, 2.05) is 17.5 Å². The van der Waals surface area contributed by atoms with E-state index >= 15 is 0 Å². The molecular formula is C12H17NO4S. The molecule has 0 aliphatic rings. The van der Waals surface area contributed by atoms with Gasteiger partial charge in [0, 0.05) is 18.0 Å². The van der Waals surface area contributed by atoms with Crippen molar-refractivity contribution in [3.05, 3.63) is 22.4 Å². The van der Waals surface area contributed by atoms with Crippen LogP contribution >= 0.6 is 11.3 Å². The van der Waals surface area contributed by atoms with Crippen LogP contribution in [0.3, 0.4) is 0 Å². The molecule has 0 saturated carbocycles. The van der Waals surface area contributed by atoms with Gasteiger partial charge in [0.25, 0.3) is 0 Å². The maximum atomic E-state index is 12.0. The summed E-state index contributed by atoms with van der Waals surface area (Å²) < 4.78 is 0. The van der Waals surface area contributed by atoms with Crippen molar-refractivity contribution in [2.75, 3.05) is 13.1 Å². The Hall–Kier alpha value is -1.40. The molecule has 0 radical (unpaired) electrons. The van der Waals surface area contributed by atoms with Crippen LogP contribution in [0.2, 0.25) is 0 Å². The summed E-state index contributed by atoms with van der Waals surface area (Å²) in [6, 6.07) is 3.73. The zero-order valence-corrected chi connectivity index (χ0v) is 11.0. The highest BCUT2D eigenvalue weighted by Gasteiger charge is 2.17. The van der Waals surface area contributed by atoms with E-state index in [9.17, 15) is 14.7 Å². The highest BCUT2D eigenvalue weighted by atomic mass is 32.1. The number of thiophene rings is 1. The lowest BCUT2D eigenvalue weighted by Crippen LogP contribution is -2.38. The molecule has 5 nitrogen and oxygen atoms in total. The molecule has 0 aromatic carbocycles. The lowest BCUT2D eigenvalue weighted by Gasteiger charge is -2.23. The van der Waals surface area contributed by atoms with E-state index in [1.54, 1.807) is 6.92 Å². The van der Waals surface area contributed by atoms with Gasteiger partial charge in [0.1, 0.15) is 0 Å². The third kappa shape index (κ3) is 5.29. The lowest BCUT2D eigenvalue weighted by atomic mass is 10.2. The summed E-state index contributed by atoms with van der Waals surface area (Å²) in [6.07, 6.45) is -0.515. The minimum absolute atomic E-state index is 0.108. The summed E-state index contributed by atoms with van der Waals surface area (Å²) in [5.41, 5.74) is 0. The number of hydrogen-bond acceptors (Lipinski definition) is 4. The summed E-state index contributed by atoms with van der Waals surface area (Å²) in [4.78, 5) is 24.9. The third-order valence-electron chi connectivity index (χ3n) is 2.34. The molecule has 1 atom stereocenters. The Morgan fingerprint density at radius 1 is 1.50 bits per heavy atom. The van der Waals surface area contributed by atoms with Crippen LogP contribution < -0.4 is 0 Å². The number of carbonyl (C=O) groups is 2. The lowest BCUT2D eigenvalue weighted by molar-refractivity contribution is -0.138. The number of aliphatic hydroxyl groups excluding tert-OH is 1. The average Bonchev–Trinajstić information content (AvgIpc) is 2.76. The molecule has 0 bridgehead atoms. The molecule has 0 aliphatic carbocycles. The van der Waals surface area contributed by atoms with Crippen molar-refractivity contribution in [3.63, 3.8) is 0 Å². The molecule has 0 saturated heterocycles. The van der Waals surface area contributed by atoms with E-state index in [1.165, 1.54) is 16.2 Å². The number of carbonyl (C=O) groups excluding carboxylic acids is 1. The standard InChI is InChI=1S/C12H17NO4S/c1-9(14)8-13(5-4-12(16)17)11(15)7-10-3-2-6-18-10/h2-3,6,9,14H,4-5,7-8H2,1H3,(H,16,17). The van der Waals surface area contributed by atoms with E-state index in [0.29, 0.717) is 0 Å². The highest BCUT2D eigenvalue weighted by Crippen LogP contribution is 2.11. The smallest absolute Gasteiger partial charge is 0.305 e. The maximum absolute atomic E-state index is 12.0. The first kappa shape index (κ1) is 14.7. The van der Waals surface area contributed by atoms with Crippen LogP contribution in [-0.2, 0) is 16.0 Å². The van der Waals surface area contributed by atoms with Crippen LogP contribution in [0, 0.1) is 0 Å². The van der Waals surface area contributed by atoms with Crippen molar-refractivity contribution in [2.24, 2.45) is 0 Å². The largest absolute Gasteiger partial charge is 0.481 e. The predicted molar refractivity (Wildman–Crippen MR) is 68.5 cm³/mol. The molecular weight excluding hydrogens is 254 g/mol. The molecule has 1 aromatic heterocycles. The van der Waals surface area contributed by atoms with Gasteiger partial charge in [-0.2, -0.15) is 0 Å². The molecule has 1 heterocycles. The Kier molecular flexibility index (Phi) is 5.80. The van der Waals surface area contributed by atoms with Gasteiger partial charge in [-0.3, -0.25) is 9.59 Å². The van der Waals surface area contributed by atoms with Gasteiger partial charge in [-0.1, -0.05) is 6.07 Å². The Bertz CT molecular complexity index is 389. The van der Waals surface area contributed by atoms with Crippen molar-refractivity contribution in [3.8, 4) is 0 Å². The minimum Gasteiger partial charge on any atom is -0.481 e. The van der Waals surface area contributed by atoms with Gasteiger partial charge in [0.2, 0.25) is 5.91 Å². The monoisotopic (exact) mass is 271 g/mol. The van der Waals surface area contributed by atoms with Crippen LogP contribution in [0.15, 0.2) is 17.5 Å². The van der Waals surface area contributed by atoms with Gasteiger partial charge in [-0.15, -0.1) is 11.3 Å². The second-order valence-electron chi connectivity index (χ2n) is 4.09. The fourth-order valence-corrected chi connectivity index (χ4v) is 2.24. The molecule has 0 spiro atoms. The molecule has 1 rings (SSSR count). The minimum atomic E-state index is -0.950. The normalized spacial score (nSPS) is 12.1. The molecule has 18 heavy (non-hydrogen) atoms. The predicted octanol–water partition coefficient (Wildman–Crippen LogP) is 0.975. The summed E-state index contributed by atoms with van der Waals surface area (Å²) >= 11 is 1.49. The number of hydrogen-bond donors (Lipinski definition) is 2. The van der Waals surface area contributed by atoms with Crippen molar-refractivity contribution in [2.45, 2.75) is 25.9 Å². The van der Waals surface area contributed by atoms with Crippen LogP contribution in [0.25, 0.3) is 0 Å². The van der Waals surface area contributed by atoms with E-state index in [2.05, 4.69) is 0 Å². The fourth-order valence-electron chi connectivity index (χ4n) is 1.54. The molecule has 0 fully saturated rings. The Morgan fingerprint density at radius 2 is 2.22 bits per heavy atom. The van der Waals surface area contributed by atoms with Gasteiger partial charge in [0.15, 0.2) is 0 Å². The molecule has 100 valence electrons. The first-order chi connectivity index (χ1) is 8.49. The van der Waals surface area contributed by atoms with Crippen molar-refractivity contribution in [1.82, 2.24) is 4.90 Å². The number of amides is 1. The second-order valence-corrected chi connectivity index (χ2v) is 5.12. The summed E-state index contributed by atoms with van der Waals surface area (Å²) in [5, 5.41) is 19.8. The topological polar surface area (TPSA) is 77.8 Å². The quantitative estimate of drug-likeness (QED) is 0.774. The number of nitrogens with zero attached hydrogens (tertiary/aromatic N) is 1. The average molecular weight is 271 g/mol. The molecule has 0 aliphatic heterocycles. The van der Waals surface area contributed by atoms with E-state index < -0.39 is 12.1 Å². The van der Waals surface area contributed by atoms with Gasteiger partial charge < -0.3 is 15.1 Å². The SMILES string of the molecule is CC(O)CN(CCC(=O)O)C(=O)Cc1cccs1. The summed E-state index contributed by atoms with van der Waals surface area (Å²) in [7, 11) is 0. The first-order valence-corrected chi connectivity index (χ1v) is 6.57. The van der Waals surface area contributed by atoms with Crippen LogP contribution in [-0.4, -0.2) is 46.2 Å². The van der Waals surface area contributed by atoms with E-state index in [4.69, 9.17) is 5.11 Å². The number of carboxylic acid groups (broad SMARTS) is 1. The third-order valence-corrected chi connectivity index (χ3v) is 3.21. The Labute approximate surface area is 110 Å². The summed E-state index contributed by atoms with van der Waals surface area (Å²) in [6.45, 7) is 1.87. The first-order valence-electron chi connectivity index (χ1n) is 5.69. The van der Waals surface area contributed by atoms with Crippen LogP contribution in [0.4, 0.5) is 0 Å². The number of carboxylic acids is 1. The van der Waals surface area contributed by atoms with E-state index in [0.717, 1.165) is 4.88 Å². The Morgan fingerprint density at radius 3 is 2.72 bits per heavy atom. The molecule has 1 aromatic rings. The fraction of sp³-hybridized carbons (Fsp3) is 0.500. The Balaban J connectivity index is 2.57. The zero-order valence-electron chi connectivity index (χ0n) is 10.2. The zero-order chi connectivity index (χ0) is 13.5. The van der Waals surface area contributed by atoms with Crippen LogP contribution in [0.5, 0.6) is 0 Å². The van der Waals surface area contributed by atoms with Crippen LogP contribution in [0.1, 0.15) is 18.2 Å². The van der Waals surface area contributed by atoms with Crippen molar-refractivity contribution < 1.29 is 19.8 Å². The molecule has 1 amide bonds. The molecule has 6 heteroatoms. The van der Waals surface area contributed by atoms with Gasteiger partial charge >= 0.3 is 5.97 Å². The second kappa shape index (κ2) is 7.13. The van der Waals surface area contributed by atoms with Gasteiger partial charge in [-0.05, 0) is 18.4 Å². The molecule has 1 unspecified atom stereocenters. The summed E-state index contributed by atoms with van der Waals surface area (Å²) in [5.74, 6) is -1.10. The number of rotatable bonds is 7. The molecule has 2 N–H and O–H groups in total. The number of aliphatic hydroxyl groups is 1. The van der Waals surface area contributed by atoms with E-state index in [-0.39, 0.29) is 31.8 Å². The maximum Gasteiger partial charge on any atom is 0.305 e.